The van der Waals surface area contributed by atoms with E-state index in [1.54, 1.807) is 53.4 Å². The molecule has 51 heavy (non-hydrogen) atoms. The Morgan fingerprint density at radius 3 is 2.04 bits per heavy atom. The molecule has 2 aliphatic rings. The van der Waals surface area contributed by atoms with Gasteiger partial charge in [-0.25, -0.2) is 4.79 Å². The van der Waals surface area contributed by atoms with E-state index in [0.29, 0.717) is 60.6 Å². The Labute approximate surface area is 296 Å². The van der Waals surface area contributed by atoms with Gasteiger partial charge in [0.2, 0.25) is 23.8 Å². The van der Waals surface area contributed by atoms with Crippen LogP contribution in [0.25, 0.3) is 22.3 Å². The molecule has 3 N–H and O–H groups in total. The lowest BCUT2D eigenvalue weighted by Gasteiger charge is -2.29. The van der Waals surface area contributed by atoms with Crippen molar-refractivity contribution in [2.75, 3.05) is 23.7 Å². The maximum atomic E-state index is 13.9. The van der Waals surface area contributed by atoms with Crippen LogP contribution in [0.4, 0.5) is 16.2 Å². The molecule has 5 amide bonds. The second kappa shape index (κ2) is 14.7. The minimum Gasteiger partial charge on any atom is -0.456 e. The lowest BCUT2D eigenvalue weighted by molar-refractivity contribution is -0.144. The average molecular weight is 694 g/mol. The fourth-order valence-electron chi connectivity index (χ4n) is 6.63. The Bertz CT molecular complexity index is 1930. The molecule has 2 aliphatic heterocycles. The molecule has 0 bridgehead atoms. The highest BCUT2D eigenvalue weighted by molar-refractivity contribution is 6.00. The zero-order valence-electron chi connectivity index (χ0n) is 29.2. The number of benzene rings is 3. The number of hydrogen-bond acceptors (Lipinski definition) is 7. The Kier molecular flexibility index (Phi) is 10.1. The van der Waals surface area contributed by atoms with Gasteiger partial charge in [0.15, 0.2) is 0 Å². The molecule has 2 saturated heterocycles. The van der Waals surface area contributed by atoms with Crippen LogP contribution in [0, 0.1) is 0 Å². The number of anilines is 2. The van der Waals surface area contributed by atoms with E-state index >= 15 is 0 Å². The first kappa shape index (κ1) is 35.2. The summed E-state index contributed by atoms with van der Waals surface area (Å²) >= 11 is 0. The van der Waals surface area contributed by atoms with Gasteiger partial charge in [-0.3, -0.25) is 19.2 Å². The summed E-state index contributed by atoms with van der Waals surface area (Å²) in [6.07, 6.45) is 0.617. The molecule has 12 nitrogen and oxygen atoms in total. The smallest absolute Gasteiger partial charge is 0.408 e. The lowest BCUT2D eigenvalue weighted by atomic mass is 10.1. The van der Waals surface area contributed by atoms with Crippen molar-refractivity contribution in [2.45, 2.75) is 77.1 Å². The molecule has 3 heterocycles. The standard InChI is InChI=1S/C39H43N5O7/c1-24(45)43-20-8-12-30(43)35(46)41-29-18-19-32-27(22-29)23-33(50-32)25-14-16-28(17-15-25)40-36(47)31-13-9-21-44(31)37(48)34(26-10-6-5-7-11-26)51-38(49)42-39(2,3)4/h5-7,10-11,14-19,22-23,30-31,34H,8-9,12-13,20-21H2,1-4H3,(H,40,47)(H,41,46)(H,42,49)/t30-,31-,34+/m0/s1. The van der Waals surface area contributed by atoms with Gasteiger partial charge in [-0.2, -0.15) is 0 Å². The van der Waals surface area contributed by atoms with Crippen LogP contribution in [0.5, 0.6) is 0 Å². The highest BCUT2D eigenvalue weighted by Gasteiger charge is 2.39. The van der Waals surface area contributed by atoms with Crippen molar-refractivity contribution < 1.29 is 33.1 Å². The van der Waals surface area contributed by atoms with Crippen molar-refractivity contribution in [2.24, 2.45) is 0 Å². The number of fused-ring (bicyclic) bond motifs is 1. The third kappa shape index (κ3) is 8.22. The number of rotatable bonds is 8. The van der Waals surface area contributed by atoms with Gasteiger partial charge in [0.1, 0.15) is 23.4 Å². The fourth-order valence-corrected chi connectivity index (χ4v) is 6.63. The summed E-state index contributed by atoms with van der Waals surface area (Å²) in [4.78, 5) is 68.0. The van der Waals surface area contributed by atoms with Crippen molar-refractivity contribution in [1.29, 1.82) is 0 Å². The minimum absolute atomic E-state index is 0.106. The molecule has 2 fully saturated rings. The Balaban J connectivity index is 1.11. The van der Waals surface area contributed by atoms with Crippen molar-refractivity contribution in [3.8, 4) is 11.3 Å². The second-order valence-corrected chi connectivity index (χ2v) is 14.1. The molecule has 4 aromatic rings. The van der Waals surface area contributed by atoms with Gasteiger partial charge in [0, 0.05) is 53.4 Å². The molecule has 0 radical (unpaired) electrons. The fraction of sp³-hybridized carbons (Fsp3) is 0.359. The average Bonchev–Trinajstić information content (AvgIpc) is 3.87. The van der Waals surface area contributed by atoms with E-state index in [2.05, 4.69) is 16.0 Å². The number of nitrogens with zero attached hydrogens (tertiary/aromatic N) is 2. The van der Waals surface area contributed by atoms with Gasteiger partial charge >= 0.3 is 6.09 Å². The molecule has 12 heteroatoms. The van der Waals surface area contributed by atoms with E-state index in [1.807, 2.05) is 51.1 Å². The summed E-state index contributed by atoms with van der Waals surface area (Å²) < 4.78 is 11.7. The molecule has 0 aliphatic carbocycles. The third-order valence-corrected chi connectivity index (χ3v) is 9.05. The topological polar surface area (TPSA) is 150 Å². The van der Waals surface area contributed by atoms with E-state index in [0.717, 1.165) is 17.4 Å². The number of amides is 5. The molecule has 266 valence electrons. The highest BCUT2D eigenvalue weighted by Crippen LogP contribution is 2.32. The maximum absolute atomic E-state index is 13.9. The van der Waals surface area contributed by atoms with Crippen LogP contribution in [-0.4, -0.2) is 70.2 Å². The summed E-state index contributed by atoms with van der Waals surface area (Å²) in [6, 6.07) is 22.1. The molecule has 6 rings (SSSR count). The van der Waals surface area contributed by atoms with Crippen LogP contribution in [0.2, 0.25) is 0 Å². The van der Waals surface area contributed by atoms with Gasteiger partial charge in [-0.15, -0.1) is 0 Å². The normalized spacial score (nSPS) is 18.0. The summed E-state index contributed by atoms with van der Waals surface area (Å²) in [5, 5.41) is 9.41. The lowest BCUT2D eigenvalue weighted by Crippen LogP contribution is -2.47. The monoisotopic (exact) mass is 693 g/mol. The van der Waals surface area contributed by atoms with Crippen molar-refractivity contribution >= 4 is 52.1 Å². The van der Waals surface area contributed by atoms with Crippen LogP contribution in [0.15, 0.2) is 83.3 Å². The van der Waals surface area contributed by atoms with Gasteiger partial charge in [0.25, 0.3) is 5.91 Å². The molecule has 3 aromatic carbocycles. The highest BCUT2D eigenvalue weighted by atomic mass is 16.6. The molecular formula is C39H43N5O7. The second-order valence-electron chi connectivity index (χ2n) is 14.1. The molecular weight excluding hydrogens is 650 g/mol. The van der Waals surface area contributed by atoms with E-state index in [4.69, 9.17) is 9.15 Å². The Morgan fingerprint density at radius 2 is 1.39 bits per heavy atom. The van der Waals surface area contributed by atoms with Gasteiger partial charge in [-0.05, 0) is 95.0 Å². The number of ether oxygens (including phenoxy) is 1. The van der Waals surface area contributed by atoms with Gasteiger partial charge < -0.3 is 34.9 Å². The van der Waals surface area contributed by atoms with Crippen molar-refractivity contribution in [1.82, 2.24) is 15.1 Å². The van der Waals surface area contributed by atoms with Crippen LogP contribution in [0.1, 0.15) is 65.0 Å². The Morgan fingerprint density at radius 1 is 0.784 bits per heavy atom. The van der Waals surface area contributed by atoms with E-state index in [9.17, 15) is 24.0 Å². The number of hydrogen-bond donors (Lipinski definition) is 3. The van der Waals surface area contributed by atoms with Crippen molar-refractivity contribution in [3.63, 3.8) is 0 Å². The zero-order chi connectivity index (χ0) is 36.3. The minimum atomic E-state index is -1.21. The van der Waals surface area contributed by atoms with Gasteiger partial charge in [-0.1, -0.05) is 30.3 Å². The van der Waals surface area contributed by atoms with E-state index in [-0.39, 0.29) is 17.7 Å². The zero-order valence-corrected chi connectivity index (χ0v) is 29.2. The van der Waals surface area contributed by atoms with Gasteiger partial charge in [0.05, 0.1) is 0 Å². The molecule has 0 saturated carbocycles. The first-order valence-electron chi connectivity index (χ1n) is 17.2. The number of carbonyl (C=O) groups excluding carboxylic acids is 5. The largest absolute Gasteiger partial charge is 0.456 e. The number of likely N-dealkylation sites (tertiary alicyclic amines) is 2. The van der Waals surface area contributed by atoms with Crippen LogP contribution in [-0.2, 0) is 23.9 Å². The third-order valence-electron chi connectivity index (χ3n) is 9.05. The van der Waals surface area contributed by atoms with Crippen LogP contribution < -0.4 is 16.0 Å². The number of furan rings is 1. The summed E-state index contributed by atoms with van der Waals surface area (Å²) in [5.74, 6) is -0.490. The predicted molar refractivity (Wildman–Crippen MR) is 193 cm³/mol. The molecule has 1 aromatic heterocycles. The first-order valence-corrected chi connectivity index (χ1v) is 17.2. The van der Waals surface area contributed by atoms with E-state index in [1.165, 1.54) is 11.8 Å². The first-order chi connectivity index (χ1) is 24.4. The summed E-state index contributed by atoms with van der Waals surface area (Å²) in [5.41, 5.74) is 2.55. The van der Waals surface area contributed by atoms with Crippen LogP contribution in [0.3, 0.4) is 0 Å². The summed E-state index contributed by atoms with van der Waals surface area (Å²) in [6.45, 7) is 7.88. The molecule has 0 spiro atoms. The maximum Gasteiger partial charge on any atom is 0.408 e. The number of carbonyl (C=O) groups is 5. The predicted octanol–water partition coefficient (Wildman–Crippen LogP) is 6.24. The quantitative estimate of drug-likeness (QED) is 0.198. The number of alkyl carbamates (subject to hydrolysis) is 1. The summed E-state index contributed by atoms with van der Waals surface area (Å²) in [7, 11) is 0. The number of nitrogens with one attached hydrogen (secondary N) is 3. The SMILES string of the molecule is CC(=O)N1CCC[C@H]1C(=O)Nc1ccc2oc(-c3ccc(NC(=O)[C@@H]4CCCN4C(=O)[C@H](OC(=O)NC(C)(C)C)c4ccccc4)cc3)cc2c1. The molecule has 3 atom stereocenters. The van der Waals surface area contributed by atoms with Crippen molar-refractivity contribution in [3.05, 3.63) is 84.4 Å². The Hall–Kier alpha value is -5.65. The van der Waals surface area contributed by atoms with Crippen LogP contribution >= 0.6 is 0 Å². The molecule has 0 unspecified atom stereocenters. The van der Waals surface area contributed by atoms with E-state index < -0.39 is 35.7 Å².